The van der Waals surface area contributed by atoms with Gasteiger partial charge in [-0.25, -0.2) is 19.0 Å². The number of hydrazine groups is 1. The summed E-state index contributed by atoms with van der Waals surface area (Å²) in [7, 11) is -2.05. The number of hydrogen-bond acceptors (Lipinski definition) is 6. The first kappa shape index (κ1) is 22.1. The van der Waals surface area contributed by atoms with Crippen molar-refractivity contribution in [3.8, 4) is 5.75 Å². The Labute approximate surface area is 178 Å². The van der Waals surface area contributed by atoms with Crippen molar-refractivity contribution in [2.75, 3.05) is 13.6 Å². The molecule has 0 amide bonds. The Hall–Kier alpha value is -2.55. The second-order valence-electron chi connectivity index (χ2n) is 7.51. The lowest BCUT2D eigenvalue weighted by atomic mass is 9.98. The first-order valence-electron chi connectivity index (χ1n) is 10.2. The van der Waals surface area contributed by atoms with E-state index in [1.165, 1.54) is 36.4 Å². The molecule has 0 atom stereocenters. The minimum Gasteiger partial charge on any atom is -0.490 e. The normalized spacial score (nSPS) is 16.1. The van der Waals surface area contributed by atoms with Crippen molar-refractivity contribution in [3.05, 3.63) is 65.9 Å². The van der Waals surface area contributed by atoms with E-state index in [9.17, 15) is 8.42 Å². The Balaban J connectivity index is 1.72. The molecule has 0 radical (unpaired) electrons. The molecule has 3 rings (SSSR count). The molecular formula is C22H30N4O3S. The molecule has 0 heterocycles. The van der Waals surface area contributed by atoms with Gasteiger partial charge in [0.15, 0.2) is 0 Å². The highest BCUT2D eigenvalue weighted by molar-refractivity contribution is 7.89. The van der Waals surface area contributed by atoms with Crippen molar-refractivity contribution < 1.29 is 13.2 Å². The highest BCUT2D eigenvalue weighted by Gasteiger charge is 2.18. The molecule has 162 valence electrons. The van der Waals surface area contributed by atoms with E-state index in [4.69, 9.17) is 16.3 Å². The van der Waals surface area contributed by atoms with E-state index in [2.05, 4.69) is 4.72 Å². The summed E-state index contributed by atoms with van der Waals surface area (Å²) in [4.78, 5) is 0.187. The predicted octanol–water partition coefficient (Wildman–Crippen LogP) is 2.81. The maximum Gasteiger partial charge on any atom is 0.240 e. The zero-order chi connectivity index (χ0) is 21.6. The topological polar surface area (TPSA) is 111 Å². The number of sulfonamides is 1. The van der Waals surface area contributed by atoms with Gasteiger partial charge in [0.05, 0.1) is 28.9 Å². The monoisotopic (exact) mass is 430 g/mol. The number of likely N-dealkylation sites (N-methyl/N-ethyl adjacent to an activating group) is 1. The number of rotatable bonds is 8. The summed E-state index contributed by atoms with van der Waals surface area (Å²) in [6, 6.07) is 15.7. The number of nitrogens with two attached hydrogens (primary N) is 2. The van der Waals surface area contributed by atoms with Gasteiger partial charge in [-0.2, -0.15) is 0 Å². The molecule has 5 N–H and O–H groups in total. The fourth-order valence-electron chi connectivity index (χ4n) is 3.51. The Kier molecular flexibility index (Phi) is 7.36. The van der Waals surface area contributed by atoms with E-state index in [-0.39, 0.29) is 17.5 Å². The number of nitrogens with zero attached hydrogens (tertiary/aromatic N) is 1. The van der Waals surface area contributed by atoms with Crippen LogP contribution in [0.2, 0.25) is 0 Å². The molecule has 0 unspecified atom stereocenters. The molecule has 8 heteroatoms. The Morgan fingerprint density at radius 2 is 1.70 bits per heavy atom. The Bertz CT molecular complexity index is 952. The summed E-state index contributed by atoms with van der Waals surface area (Å²) in [5.74, 6) is 6.74. The Morgan fingerprint density at radius 3 is 2.30 bits per heavy atom. The highest BCUT2D eigenvalue weighted by Crippen LogP contribution is 2.25. The summed E-state index contributed by atoms with van der Waals surface area (Å²) in [5, 5.41) is 1.33. The number of benzene rings is 2. The summed E-state index contributed by atoms with van der Waals surface area (Å²) in [5.41, 5.74) is 7.94. The van der Waals surface area contributed by atoms with Crippen LogP contribution in [0, 0.1) is 0 Å². The van der Waals surface area contributed by atoms with Crippen molar-refractivity contribution in [1.29, 1.82) is 0 Å². The zero-order valence-corrected chi connectivity index (χ0v) is 18.1. The molecule has 0 spiro atoms. The first-order chi connectivity index (χ1) is 14.4. The van der Waals surface area contributed by atoms with Crippen LogP contribution in [0.4, 0.5) is 0 Å². The molecule has 1 aliphatic rings. The van der Waals surface area contributed by atoms with Gasteiger partial charge in [0, 0.05) is 7.05 Å². The van der Waals surface area contributed by atoms with Gasteiger partial charge in [-0.3, -0.25) is 0 Å². The van der Waals surface area contributed by atoms with Gasteiger partial charge >= 0.3 is 0 Å². The van der Waals surface area contributed by atoms with Gasteiger partial charge in [0.25, 0.3) is 0 Å². The van der Waals surface area contributed by atoms with Crippen LogP contribution in [0.3, 0.4) is 0 Å². The van der Waals surface area contributed by atoms with E-state index in [1.807, 2.05) is 24.3 Å². The van der Waals surface area contributed by atoms with E-state index in [0.29, 0.717) is 11.4 Å². The van der Waals surface area contributed by atoms with Crippen molar-refractivity contribution in [2.24, 2.45) is 11.6 Å². The van der Waals surface area contributed by atoms with Gasteiger partial charge in [0.2, 0.25) is 10.0 Å². The van der Waals surface area contributed by atoms with E-state index < -0.39 is 10.0 Å². The van der Waals surface area contributed by atoms with Crippen LogP contribution in [-0.2, 0) is 10.0 Å². The lowest BCUT2D eigenvalue weighted by Crippen LogP contribution is -2.36. The van der Waals surface area contributed by atoms with Crippen LogP contribution < -0.4 is 21.0 Å². The smallest absolute Gasteiger partial charge is 0.240 e. The number of nitrogens with one attached hydrogen (secondary N) is 1. The summed E-state index contributed by atoms with van der Waals surface area (Å²) in [6.07, 6.45) is 6.16. The number of ether oxygens (including phenoxy) is 1. The second kappa shape index (κ2) is 9.97. The lowest BCUT2D eigenvalue weighted by molar-refractivity contribution is 0.155. The van der Waals surface area contributed by atoms with Gasteiger partial charge in [-0.1, -0.05) is 24.6 Å². The average molecular weight is 431 g/mol. The third-order valence-electron chi connectivity index (χ3n) is 5.24. The highest BCUT2D eigenvalue weighted by atomic mass is 32.2. The summed E-state index contributed by atoms with van der Waals surface area (Å²) in [6.45, 7) is -0.0314. The van der Waals surface area contributed by atoms with Crippen LogP contribution in [0.1, 0.15) is 37.7 Å². The fraction of sp³-hybridized carbons (Fsp3) is 0.364. The van der Waals surface area contributed by atoms with Gasteiger partial charge in [0.1, 0.15) is 5.75 Å². The maximum absolute atomic E-state index is 12.5. The molecule has 1 aliphatic carbocycles. The molecule has 1 saturated carbocycles. The standard InChI is InChI=1S/C22H30N4O3S/c1-26(24)21(16-25-30(27,28)20-10-6-3-7-11-20)22(23)17-12-14-19(15-13-17)29-18-8-4-2-5-9-18/h3,6-7,10-15,18,25H,2,4-5,8-9,16,23-24H2,1H3/b22-21-. The lowest BCUT2D eigenvalue weighted by Gasteiger charge is -2.23. The molecule has 2 aromatic rings. The minimum atomic E-state index is -3.67. The van der Waals surface area contributed by atoms with E-state index in [1.54, 1.807) is 25.2 Å². The van der Waals surface area contributed by atoms with Crippen LogP contribution >= 0.6 is 0 Å². The van der Waals surface area contributed by atoms with Gasteiger partial charge in [-0.05, 0) is 67.6 Å². The molecule has 7 nitrogen and oxygen atoms in total. The van der Waals surface area contributed by atoms with Gasteiger partial charge in [-0.15, -0.1) is 0 Å². The van der Waals surface area contributed by atoms with Crippen molar-refractivity contribution in [3.63, 3.8) is 0 Å². The fourth-order valence-corrected chi connectivity index (χ4v) is 4.52. The molecule has 2 aromatic carbocycles. The summed E-state index contributed by atoms with van der Waals surface area (Å²) >= 11 is 0. The SMILES string of the molecule is CN(N)/C(CNS(=O)(=O)c1ccccc1)=C(\N)c1ccc(OC2CCCCC2)cc1. The van der Waals surface area contributed by atoms with Crippen molar-refractivity contribution in [1.82, 2.24) is 9.73 Å². The quantitative estimate of drug-likeness (QED) is 0.439. The minimum absolute atomic E-state index is 0.0314. The van der Waals surface area contributed by atoms with Crippen molar-refractivity contribution in [2.45, 2.75) is 43.1 Å². The predicted molar refractivity (Wildman–Crippen MR) is 119 cm³/mol. The number of hydrogen-bond donors (Lipinski definition) is 3. The van der Waals surface area contributed by atoms with Gasteiger partial charge < -0.3 is 15.5 Å². The van der Waals surface area contributed by atoms with Crippen LogP contribution in [-0.4, -0.2) is 33.1 Å². The molecule has 0 saturated heterocycles. The average Bonchev–Trinajstić information content (AvgIpc) is 2.75. The molecule has 0 bridgehead atoms. The second-order valence-corrected chi connectivity index (χ2v) is 9.28. The zero-order valence-electron chi connectivity index (χ0n) is 17.3. The molecule has 0 aromatic heterocycles. The molecular weight excluding hydrogens is 400 g/mol. The van der Waals surface area contributed by atoms with E-state index >= 15 is 0 Å². The van der Waals surface area contributed by atoms with Crippen molar-refractivity contribution >= 4 is 15.7 Å². The van der Waals surface area contributed by atoms with E-state index in [0.717, 1.165) is 24.2 Å². The third kappa shape index (κ3) is 5.75. The van der Waals surface area contributed by atoms with Crippen LogP contribution in [0.15, 0.2) is 65.2 Å². The molecule has 1 fully saturated rings. The summed E-state index contributed by atoms with van der Waals surface area (Å²) < 4.78 is 33.6. The first-order valence-corrected chi connectivity index (χ1v) is 11.6. The largest absolute Gasteiger partial charge is 0.490 e. The third-order valence-corrected chi connectivity index (χ3v) is 6.66. The van der Waals surface area contributed by atoms with Crippen LogP contribution in [0.5, 0.6) is 5.75 Å². The molecule has 30 heavy (non-hydrogen) atoms. The molecule has 0 aliphatic heterocycles. The van der Waals surface area contributed by atoms with Crippen LogP contribution in [0.25, 0.3) is 5.70 Å². The Morgan fingerprint density at radius 1 is 1.07 bits per heavy atom. The maximum atomic E-state index is 12.5.